The predicted molar refractivity (Wildman–Crippen MR) is 51.5 cm³/mol. The molecular weight excluding hydrogens is 182 g/mol. The van der Waals surface area contributed by atoms with Gasteiger partial charge >= 0.3 is 5.97 Å². The predicted octanol–water partition coefficient (Wildman–Crippen LogP) is 0.584. The van der Waals surface area contributed by atoms with Crippen molar-refractivity contribution in [3.05, 3.63) is 12.7 Å². The Morgan fingerprint density at radius 1 is 1.57 bits per heavy atom. The largest absolute Gasteiger partial charge is 0.469 e. The molecule has 0 aromatic heterocycles. The lowest BCUT2D eigenvalue weighted by molar-refractivity contribution is -0.148. The van der Waals surface area contributed by atoms with E-state index in [4.69, 9.17) is 0 Å². The van der Waals surface area contributed by atoms with Gasteiger partial charge in [0.1, 0.15) is 0 Å². The van der Waals surface area contributed by atoms with Crippen LogP contribution < -0.4 is 0 Å². The van der Waals surface area contributed by atoms with E-state index in [0.29, 0.717) is 13.1 Å². The zero-order valence-corrected chi connectivity index (χ0v) is 8.36. The molecule has 0 bridgehead atoms. The van der Waals surface area contributed by atoms with Crippen LogP contribution in [0.15, 0.2) is 12.7 Å². The summed E-state index contributed by atoms with van der Waals surface area (Å²) >= 11 is 0. The van der Waals surface area contributed by atoms with Crippen LogP contribution >= 0.6 is 0 Å². The molecule has 1 amide bonds. The number of carbonyl (C=O) groups is 2. The fourth-order valence-corrected chi connectivity index (χ4v) is 1.67. The summed E-state index contributed by atoms with van der Waals surface area (Å²) in [6.45, 7) is 4.58. The lowest BCUT2D eigenvalue weighted by atomic mass is 9.98. The normalized spacial score (nSPS) is 21.5. The summed E-state index contributed by atoms with van der Waals surface area (Å²) in [5, 5.41) is 0. The quantitative estimate of drug-likeness (QED) is 0.480. The Morgan fingerprint density at radius 3 is 2.86 bits per heavy atom. The first-order chi connectivity index (χ1) is 6.69. The molecule has 0 N–H and O–H groups in total. The molecular formula is C10H15NO3. The smallest absolute Gasteiger partial charge is 0.310 e. The molecule has 4 nitrogen and oxygen atoms in total. The van der Waals surface area contributed by atoms with Gasteiger partial charge in [-0.2, -0.15) is 0 Å². The van der Waals surface area contributed by atoms with Gasteiger partial charge < -0.3 is 9.64 Å². The molecule has 78 valence electrons. The van der Waals surface area contributed by atoms with Crippen molar-refractivity contribution in [3.8, 4) is 0 Å². The van der Waals surface area contributed by atoms with E-state index in [1.54, 1.807) is 4.90 Å². The van der Waals surface area contributed by atoms with Crippen LogP contribution in [0.2, 0.25) is 0 Å². The number of likely N-dealkylation sites (tertiary alicyclic amines) is 1. The van der Waals surface area contributed by atoms with Crippen molar-refractivity contribution in [2.45, 2.75) is 12.8 Å². The first-order valence-corrected chi connectivity index (χ1v) is 4.68. The Balaban J connectivity index is 2.55. The summed E-state index contributed by atoms with van der Waals surface area (Å²) in [6, 6.07) is 0. The van der Waals surface area contributed by atoms with Gasteiger partial charge in [-0.05, 0) is 18.9 Å². The number of carbonyl (C=O) groups excluding carboxylic acids is 2. The molecule has 1 aliphatic heterocycles. The van der Waals surface area contributed by atoms with E-state index in [0.717, 1.165) is 12.8 Å². The van der Waals surface area contributed by atoms with Gasteiger partial charge in [-0.15, -0.1) is 0 Å². The minimum absolute atomic E-state index is 0.112. The first kappa shape index (κ1) is 10.8. The third kappa shape index (κ3) is 2.34. The van der Waals surface area contributed by atoms with Gasteiger partial charge in [0.15, 0.2) is 0 Å². The van der Waals surface area contributed by atoms with Gasteiger partial charge in [-0.3, -0.25) is 9.59 Å². The molecule has 1 rings (SSSR count). The van der Waals surface area contributed by atoms with Gasteiger partial charge in [0.05, 0.1) is 13.0 Å². The molecule has 1 atom stereocenters. The fraction of sp³-hybridized carbons (Fsp3) is 0.600. The van der Waals surface area contributed by atoms with Crippen LogP contribution in [0.5, 0.6) is 0 Å². The number of hydrogen-bond acceptors (Lipinski definition) is 3. The highest BCUT2D eigenvalue weighted by Gasteiger charge is 2.27. The molecule has 1 fully saturated rings. The third-order valence-corrected chi connectivity index (χ3v) is 2.44. The van der Waals surface area contributed by atoms with E-state index in [1.807, 2.05) is 0 Å². The molecule has 1 saturated heterocycles. The molecule has 0 spiro atoms. The summed E-state index contributed by atoms with van der Waals surface area (Å²) in [4.78, 5) is 24.2. The molecule has 0 aromatic carbocycles. The average Bonchev–Trinajstić information content (AvgIpc) is 2.27. The lowest BCUT2D eigenvalue weighted by Crippen LogP contribution is -2.41. The SMILES string of the molecule is C=CC(=O)N1CCCC(C(=O)OC)C1. The monoisotopic (exact) mass is 197 g/mol. The number of rotatable bonds is 2. The van der Waals surface area contributed by atoms with E-state index < -0.39 is 0 Å². The molecule has 0 aliphatic carbocycles. The van der Waals surface area contributed by atoms with Gasteiger partial charge in [0, 0.05) is 13.1 Å². The van der Waals surface area contributed by atoms with Gasteiger partial charge in [0.2, 0.25) is 5.91 Å². The molecule has 1 heterocycles. The molecule has 14 heavy (non-hydrogen) atoms. The summed E-state index contributed by atoms with van der Waals surface area (Å²) in [5.41, 5.74) is 0. The van der Waals surface area contributed by atoms with E-state index >= 15 is 0 Å². The van der Waals surface area contributed by atoms with E-state index in [-0.39, 0.29) is 17.8 Å². The Morgan fingerprint density at radius 2 is 2.29 bits per heavy atom. The second kappa shape index (κ2) is 4.79. The van der Waals surface area contributed by atoms with Gasteiger partial charge in [-0.25, -0.2) is 0 Å². The van der Waals surface area contributed by atoms with E-state index in [1.165, 1.54) is 13.2 Å². The molecule has 4 heteroatoms. The summed E-state index contributed by atoms with van der Waals surface area (Å²) in [5.74, 6) is -0.511. The zero-order chi connectivity index (χ0) is 10.6. The maximum Gasteiger partial charge on any atom is 0.310 e. The first-order valence-electron chi connectivity index (χ1n) is 4.68. The van der Waals surface area contributed by atoms with Crippen molar-refractivity contribution in [2.75, 3.05) is 20.2 Å². The minimum Gasteiger partial charge on any atom is -0.469 e. The van der Waals surface area contributed by atoms with Crippen molar-refractivity contribution in [3.63, 3.8) is 0 Å². The second-order valence-corrected chi connectivity index (χ2v) is 3.35. The van der Waals surface area contributed by atoms with Crippen molar-refractivity contribution < 1.29 is 14.3 Å². The molecule has 0 aromatic rings. The van der Waals surface area contributed by atoms with E-state index in [2.05, 4.69) is 11.3 Å². The number of ether oxygens (including phenoxy) is 1. The van der Waals surface area contributed by atoms with Crippen LogP contribution in [-0.4, -0.2) is 37.0 Å². The van der Waals surface area contributed by atoms with Gasteiger partial charge in [-0.1, -0.05) is 6.58 Å². The molecule has 1 unspecified atom stereocenters. The highest BCUT2D eigenvalue weighted by molar-refractivity contribution is 5.87. The molecule has 1 aliphatic rings. The van der Waals surface area contributed by atoms with Crippen LogP contribution in [0, 0.1) is 5.92 Å². The Labute approximate surface area is 83.5 Å². The summed E-state index contributed by atoms with van der Waals surface area (Å²) in [6.07, 6.45) is 2.92. The number of esters is 1. The second-order valence-electron chi connectivity index (χ2n) is 3.35. The van der Waals surface area contributed by atoms with Crippen LogP contribution in [-0.2, 0) is 14.3 Å². The fourth-order valence-electron chi connectivity index (χ4n) is 1.67. The number of nitrogens with zero attached hydrogens (tertiary/aromatic N) is 1. The highest BCUT2D eigenvalue weighted by atomic mass is 16.5. The Bertz CT molecular complexity index is 250. The summed E-state index contributed by atoms with van der Waals surface area (Å²) in [7, 11) is 1.37. The summed E-state index contributed by atoms with van der Waals surface area (Å²) < 4.78 is 4.65. The maximum absolute atomic E-state index is 11.3. The van der Waals surface area contributed by atoms with Crippen LogP contribution in [0.3, 0.4) is 0 Å². The standard InChI is InChI=1S/C10H15NO3/c1-3-9(12)11-6-4-5-8(7-11)10(13)14-2/h3,8H,1,4-7H2,2H3. The van der Waals surface area contributed by atoms with Crippen LogP contribution in [0.25, 0.3) is 0 Å². The lowest BCUT2D eigenvalue weighted by Gasteiger charge is -2.30. The van der Waals surface area contributed by atoms with Crippen LogP contribution in [0.4, 0.5) is 0 Å². The molecule has 0 radical (unpaired) electrons. The van der Waals surface area contributed by atoms with Crippen LogP contribution in [0.1, 0.15) is 12.8 Å². The number of hydrogen-bond donors (Lipinski definition) is 0. The Hall–Kier alpha value is -1.32. The number of amides is 1. The van der Waals surface area contributed by atoms with E-state index in [9.17, 15) is 9.59 Å². The van der Waals surface area contributed by atoms with Crippen molar-refractivity contribution >= 4 is 11.9 Å². The van der Waals surface area contributed by atoms with Crippen molar-refractivity contribution in [1.29, 1.82) is 0 Å². The molecule has 0 saturated carbocycles. The average molecular weight is 197 g/mol. The maximum atomic E-state index is 11.3. The van der Waals surface area contributed by atoms with Crippen molar-refractivity contribution in [2.24, 2.45) is 5.92 Å². The third-order valence-electron chi connectivity index (χ3n) is 2.44. The number of piperidine rings is 1. The number of methoxy groups -OCH3 is 1. The highest BCUT2D eigenvalue weighted by Crippen LogP contribution is 2.17. The topological polar surface area (TPSA) is 46.6 Å². The van der Waals surface area contributed by atoms with Crippen molar-refractivity contribution in [1.82, 2.24) is 4.90 Å². The zero-order valence-electron chi connectivity index (χ0n) is 8.36. The van der Waals surface area contributed by atoms with Gasteiger partial charge in [0.25, 0.3) is 0 Å². The Kier molecular flexibility index (Phi) is 3.68. The minimum atomic E-state index is -0.230.